The maximum atomic E-state index is 11.0. The normalized spacial score (nSPS) is 21.8. The number of methoxy groups -OCH3 is 2. The van der Waals surface area contributed by atoms with Crippen LogP contribution in [0.15, 0.2) is 0 Å². The number of esters is 1. The Balaban J connectivity index is -0.000000139. The van der Waals surface area contributed by atoms with Crippen molar-refractivity contribution in [2.24, 2.45) is 11.8 Å². The van der Waals surface area contributed by atoms with Crippen LogP contribution in [0.1, 0.15) is 234 Å². The highest BCUT2D eigenvalue weighted by Crippen LogP contribution is 2.24. The molecule has 17 heteroatoms. The average molecular weight is 1110 g/mol. The lowest BCUT2D eigenvalue weighted by Crippen LogP contribution is -2.38. The monoisotopic (exact) mass is 1110 g/mol. The van der Waals surface area contributed by atoms with Gasteiger partial charge in [-0.25, -0.2) is 4.79 Å². The van der Waals surface area contributed by atoms with Crippen molar-refractivity contribution in [1.82, 2.24) is 0 Å². The number of rotatable bonds is 12. The van der Waals surface area contributed by atoms with Crippen LogP contribution in [0.2, 0.25) is 0 Å². The van der Waals surface area contributed by atoms with E-state index in [9.17, 15) is 4.79 Å². The molecule has 76 heavy (non-hydrogen) atoms. The van der Waals surface area contributed by atoms with Crippen LogP contribution >= 0.6 is 0 Å². The zero-order valence-corrected chi connectivity index (χ0v) is 53.0. The average Bonchev–Trinajstić information content (AvgIpc) is 4.23. The molecule has 3 aliphatic carbocycles. The molecule has 0 radical (unpaired) electrons. The summed E-state index contributed by atoms with van der Waals surface area (Å²) in [6, 6.07) is 0. The van der Waals surface area contributed by atoms with Gasteiger partial charge in [-0.05, 0) is 152 Å². The molecule has 0 bridgehead atoms. The Morgan fingerprint density at radius 1 is 0.645 bits per heavy atom. The summed E-state index contributed by atoms with van der Waals surface area (Å²) in [5.41, 5.74) is -1.19. The van der Waals surface area contributed by atoms with E-state index in [1.807, 2.05) is 55.4 Å². The fraction of sp³-hybridized carbons (Fsp3) is 0.983. The summed E-state index contributed by atoms with van der Waals surface area (Å²) in [5.74, 6) is 0.587. The highest BCUT2D eigenvalue weighted by atomic mass is 16.7. The van der Waals surface area contributed by atoms with Crippen LogP contribution in [0.5, 0.6) is 0 Å². The first-order chi connectivity index (χ1) is 35.4. The summed E-state index contributed by atoms with van der Waals surface area (Å²) in [7, 11) is 2.93. The fourth-order valence-electron chi connectivity index (χ4n) is 6.14. The molecular weight excluding hydrogens is 981 g/mol. The largest absolute Gasteiger partial charge is 0.467 e. The van der Waals surface area contributed by atoms with Crippen LogP contribution in [0, 0.1) is 11.8 Å². The number of hydrogen-bond acceptors (Lipinski definition) is 17. The molecule has 0 aromatic rings. The van der Waals surface area contributed by atoms with E-state index in [0.717, 1.165) is 76.7 Å². The van der Waals surface area contributed by atoms with Crippen LogP contribution in [0.3, 0.4) is 0 Å². The first-order valence-corrected chi connectivity index (χ1v) is 29.0. The van der Waals surface area contributed by atoms with Crippen LogP contribution < -0.4 is 0 Å². The van der Waals surface area contributed by atoms with E-state index in [4.69, 9.17) is 74.4 Å². The number of carbonyl (C=O) groups excluding carboxylic acids is 1. The molecule has 5 fully saturated rings. The Hall–Kier alpha value is -1.13. The summed E-state index contributed by atoms with van der Waals surface area (Å²) in [6.45, 7) is 40.0. The summed E-state index contributed by atoms with van der Waals surface area (Å²) in [4.78, 5) is 11.0. The standard InChI is InChI=1S/C8H16O3.C6H12O3.C6H12O.2C5H10O2.2C5H12O2.C5H10O.C5H12O.3C3H8/c1-6(2)11-8(3,4)7(9)10-5;1-6(2)8-4-5(3-7)9-6;1-5-2-3-6(7)4-5;6-4-5-2-1-3-7-5;6-4-2-1-3-5(4)7;1-5(2,4-6)7-3;1-5(2)7-4-3-6;6-5-3-1-2-4-5;1-5(2)3-4-6;3*1-3-2/h6H,1-5H3;5,7H,3-4H2,1-2H3;5-7H,2-4H2,1H3;5-6H,1-4H2;4-7H,1-3H2;6H,4H2,1-3H3;5-6H,3-4H2,1-2H3;5-6H,1-4H2;5-6H,3-4H2,1-2H3;3*3H2,1-2H3. The van der Waals surface area contributed by atoms with Crippen molar-refractivity contribution in [1.29, 1.82) is 0 Å². The lowest BCUT2D eigenvalue weighted by molar-refractivity contribution is -0.169. The van der Waals surface area contributed by atoms with Gasteiger partial charge in [-0.1, -0.05) is 94.4 Å². The second-order valence-electron chi connectivity index (χ2n) is 22.0. The van der Waals surface area contributed by atoms with Gasteiger partial charge < -0.3 is 79.1 Å². The molecule has 468 valence electrons. The van der Waals surface area contributed by atoms with Crippen molar-refractivity contribution in [2.75, 3.05) is 67.1 Å². The Morgan fingerprint density at radius 2 is 1.13 bits per heavy atom. The Labute approximate surface area is 467 Å². The van der Waals surface area contributed by atoms with Gasteiger partial charge in [-0.2, -0.15) is 0 Å². The molecule has 17 nitrogen and oxygen atoms in total. The van der Waals surface area contributed by atoms with Crippen molar-refractivity contribution in [3.8, 4) is 0 Å². The molecule has 2 aliphatic heterocycles. The lowest BCUT2D eigenvalue weighted by Gasteiger charge is -2.24. The Bertz CT molecular complexity index is 1090. The minimum Gasteiger partial charge on any atom is -0.467 e. The molecule has 5 aliphatic rings. The zero-order valence-electron chi connectivity index (χ0n) is 53.0. The lowest BCUT2D eigenvalue weighted by atomic mass is 10.1. The molecule has 0 aromatic carbocycles. The van der Waals surface area contributed by atoms with E-state index in [2.05, 4.69) is 67.1 Å². The maximum Gasteiger partial charge on any atom is 0.337 e. The zero-order chi connectivity index (χ0) is 60.8. The molecule has 0 amide bonds. The van der Waals surface area contributed by atoms with Crippen LogP contribution in [-0.4, -0.2) is 185 Å². The summed E-state index contributed by atoms with van der Waals surface area (Å²) in [6.07, 6.45) is 16.7. The predicted molar refractivity (Wildman–Crippen MR) is 311 cm³/mol. The smallest absolute Gasteiger partial charge is 0.337 e. The minimum atomic E-state index is -0.830. The molecule has 3 saturated carbocycles. The van der Waals surface area contributed by atoms with E-state index >= 15 is 0 Å². The van der Waals surface area contributed by atoms with Crippen LogP contribution in [-0.2, 0) is 38.0 Å². The first-order valence-electron chi connectivity index (χ1n) is 29.0. The quantitative estimate of drug-likeness (QED) is 0.0823. The molecule has 2 saturated heterocycles. The number of carbonyl (C=O) groups is 1. The highest BCUT2D eigenvalue weighted by molar-refractivity contribution is 5.78. The van der Waals surface area contributed by atoms with Crippen molar-refractivity contribution >= 4 is 5.97 Å². The van der Waals surface area contributed by atoms with Gasteiger partial charge in [-0.15, -0.1) is 0 Å². The molecular formula is C59H130O17. The number of aliphatic hydroxyl groups excluding tert-OH is 9. The third-order valence-corrected chi connectivity index (χ3v) is 10.3. The van der Waals surface area contributed by atoms with E-state index in [1.54, 1.807) is 21.0 Å². The number of aliphatic hydroxyl groups is 9. The first kappa shape index (κ1) is 88.7. The molecule has 2 heterocycles. The van der Waals surface area contributed by atoms with Crippen molar-refractivity contribution in [3.63, 3.8) is 0 Å². The van der Waals surface area contributed by atoms with Crippen molar-refractivity contribution in [3.05, 3.63) is 0 Å². The summed E-state index contributed by atoms with van der Waals surface area (Å²) in [5, 5.41) is 77.1. The van der Waals surface area contributed by atoms with E-state index in [0.29, 0.717) is 25.7 Å². The second kappa shape index (κ2) is 60.0. The molecule has 0 spiro atoms. The van der Waals surface area contributed by atoms with Gasteiger partial charge in [0.15, 0.2) is 11.4 Å². The predicted octanol–water partition coefficient (Wildman–Crippen LogP) is 9.71. The molecule has 5 rings (SSSR count). The summed E-state index contributed by atoms with van der Waals surface area (Å²) >= 11 is 0. The van der Waals surface area contributed by atoms with E-state index in [-0.39, 0.29) is 74.6 Å². The minimum absolute atomic E-state index is 0.0231. The Morgan fingerprint density at radius 3 is 1.28 bits per heavy atom. The van der Waals surface area contributed by atoms with E-state index < -0.39 is 23.6 Å². The van der Waals surface area contributed by atoms with E-state index in [1.165, 1.54) is 45.6 Å². The highest BCUT2D eigenvalue weighted by Gasteiger charge is 2.32. The van der Waals surface area contributed by atoms with Crippen LogP contribution in [0.4, 0.5) is 0 Å². The third-order valence-electron chi connectivity index (χ3n) is 10.3. The van der Waals surface area contributed by atoms with Gasteiger partial charge in [0.2, 0.25) is 0 Å². The number of ether oxygens (including phenoxy) is 7. The molecule has 6 atom stereocenters. The molecule has 9 N–H and O–H groups in total. The van der Waals surface area contributed by atoms with Gasteiger partial charge >= 0.3 is 5.97 Å². The Kier molecular flexibility index (Phi) is 70.0. The van der Waals surface area contributed by atoms with Crippen molar-refractivity contribution < 1.29 is 83.9 Å². The van der Waals surface area contributed by atoms with Crippen LogP contribution in [0.25, 0.3) is 0 Å². The van der Waals surface area contributed by atoms with Gasteiger partial charge in [0.1, 0.15) is 6.10 Å². The van der Waals surface area contributed by atoms with Gasteiger partial charge in [0.25, 0.3) is 0 Å². The van der Waals surface area contributed by atoms with Gasteiger partial charge in [0, 0.05) is 20.3 Å². The number of hydrogen-bond donors (Lipinski definition) is 9. The SMILES string of the molecule is CC(C)CCO.CC(C)OCCO.CC1(C)OCC(CO)O1.CC1CCC(O)C1.CCC.CCC.CCC.COC(=O)C(C)(C)OC(C)C.COC(C)(C)CO.OC1CCCC1.OC1CCCC1O.OCC1CCCO1. The second-order valence-corrected chi connectivity index (χ2v) is 22.0. The molecule has 0 aromatic heterocycles. The summed E-state index contributed by atoms with van der Waals surface area (Å²) < 4.78 is 35.1. The van der Waals surface area contributed by atoms with Gasteiger partial charge in [0.05, 0.1) is 95.1 Å². The molecule has 6 unspecified atom stereocenters. The van der Waals surface area contributed by atoms with Crippen molar-refractivity contribution in [2.45, 2.75) is 300 Å². The fourth-order valence-corrected chi connectivity index (χ4v) is 6.14. The third kappa shape index (κ3) is 70.9. The topological polar surface area (TPSA) is 264 Å². The maximum absolute atomic E-state index is 11.0. The van der Waals surface area contributed by atoms with Gasteiger partial charge in [-0.3, -0.25) is 0 Å².